The minimum absolute atomic E-state index is 0.0290. The lowest BCUT2D eigenvalue weighted by molar-refractivity contribution is -0.128. The molecule has 0 spiro atoms. The Morgan fingerprint density at radius 2 is 2.06 bits per heavy atom. The van der Waals surface area contributed by atoms with Gasteiger partial charge in [-0.2, -0.15) is 0 Å². The number of aliphatic imine (C=N–C) groups is 1. The molecule has 1 heterocycles. The molecule has 3 aliphatic rings. The first-order valence-corrected chi connectivity index (χ1v) is 6.05. The zero-order valence-electron chi connectivity index (χ0n) is 10.8. The van der Waals surface area contributed by atoms with E-state index in [2.05, 4.69) is 4.99 Å². The second-order valence-corrected chi connectivity index (χ2v) is 4.63. The summed E-state index contributed by atoms with van der Waals surface area (Å²) >= 11 is 0. The molecule has 2 radical (unpaired) electrons. The molecule has 0 aromatic carbocycles. The summed E-state index contributed by atoms with van der Waals surface area (Å²) in [5.74, 6) is 0.574. The highest BCUT2D eigenvalue weighted by Crippen LogP contribution is 2.65. The van der Waals surface area contributed by atoms with Gasteiger partial charge in [0.1, 0.15) is 5.54 Å². The standard InChI is InChI=1S/C11H11BN2O.C2H6/c1-7-3-4-11-6-10(11,5-7)9(15)14(12)8(2)13-11;1-2/h3-5H,6H2,1-2H3;1-2H3. The fraction of sp³-hybridized carbons (Fsp3) is 0.538. The quantitative estimate of drug-likeness (QED) is 0.583. The lowest BCUT2D eigenvalue weighted by atomic mass is 9.88. The molecule has 3 rings (SSSR count). The summed E-state index contributed by atoms with van der Waals surface area (Å²) in [6.45, 7) is 7.76. The highest BCUT2D eigenvalue weighted by molar-refractivity contribution is 6.28. The molecule has 2 aliphatic carbocycles. The maximum absolute atomic E-state index is 12.1. The molecule has 0 aromatic heterocycles. The van der Waals surface area contributed by atoms with Crippen LogP contribution in [0.1, 0.15) is 34.1 Å². The van der Waals surface area contributed by atoms with Crippen molar-refractivity contribution >= 4 is 19.7 Å². The van der Waals surface area contributed by atoms with E-state index in [1.165, 1.54) is 4.81 Å². The van der Waals surface area contributed by atoms with Crippen LogP contribution in [-0.2, 0) is 4.79 Å². The highest BCUT2D eigenvalue weighted by Gasteiger charge is 2.73. The molecule has 0 saturated heterocycles. The van der Waals surface area contributed by atoms with Crippen LogP contribution in [0.15, 0.2) is 28.8 Å². The second-order valence-electron chi connectivity index (χ2n) is 4.63. The fourth-order valence-corrected chi connectivity index (χ4v) is 2.67. The van der Waals surface area contributed by atoms with Crippen molar-refractivity contribution < 1.29 is 4.79 Å². The van der Waals surface area contributed by atoms with Gasteiger partial charge in [0.25, 0.3) is 0 Å². The first-order valence-electron chi connectivity index (χ1n) is 6.05. The predicted octanol–water partition coefficient (Wildman–Crippen LogP) is 2.00. The smallest absolute Gasteiger partial charge is 0.240 e. The van der Waals surface area contributed by atoms with Crippen LogP contribution >= 0.6 is 0 Å². The highest BCUT2D eigenvalue weighted by atomic mass is 16.2. The molecule has 3 nitrogen and oxygen atoms in total. The molecule has 4 heteroatoms. The van der Waals surface area contributed by atoms with E-state index >= 15 is 0 Å². The first kappa shape index (κ1) is 12.2. The summed E-state index contributed by atoms with van der Waals surface area (Å²) in [5.41, 5.74) is 0.323. The van der Waals surface area contributed by atoms with Gasteiger partial charge in [-0.25, -0.2) is 0 Å². The van der Waals surface area contributed by atoms with Crippen molar-refractivity contribution in [2.75, 3.05) is 0 Å². The molecule has 0 N–H and O–H groups in total. The lowest BCUT2D eigenvalue weighted by Crippen LogP contribution is -2.46. The third-order valence-electron chi connectivity index (χ3n) is 3.60. The van der Waals surface area contributed by atoms with Crippen LogP contribution in [0.4, 0.5) is 0 Å². The third-order valence-corrected chi connectivity index (χ3v) is 3.60. The fourth-order valence-electron chi connectivity index (χ4n) is 2.67. The van der Waals surface area contributed by atoms with Crippen LogP contribution in [0.2, 0.25) is 0 Å². The van der Waals surface area contributed by atoms with Gasteiger partial charge in [0.15, 0.2) is 0 Å². The van der Waals surface area contributed by atoms with E-state index in [0.717, 1.165) is 12.0 Å². The molecule has 1 aliphatic heterocycles. The molecule has 0 bridgehead atoms. The van der Waals surface area contributed by atoms with Crippen LogP contribution in [0.3, 0.4) is 0 Å². The van der Waals surface area contributed by atoms with E-state index in [-0.39, 0.29) is 11.4 Å². The molecule has 2 atom stereocenters. The van der Waals surface area contributed by atoms with Gasteiger partial charge in [0.05, 0.1) is 11.3 Å². The summed E-state index contributed by atoms with van der Waals surface area (Å²) < 4.78 is 0. The van der Waals surface area contributed by atoms with E-state index in [1.54, 1.807) is 6.92 Å². The zero-order valence-corrected chi connectivity index (χ0v) is 10.8. The van der Waals surface area contributed by atoms with Gasteiger partial charge in [-0.3, -0.25) is 9.79 Å². The average Bonchev–Trinajstić information content (AvgIpc) is 2.98. The number of amidine groups is 1. The molecule has 0 aromatic rings. The Bertz CT molecular complexity index is 466. The molecule has 2 unspecified atom stereocenters. The van der Waals surface area contributed by atoms with Crippen molar-refractivity contribution in [1.29, 1.82) is 0 Å². The molecule has 88 valence electrons. The number of rotatable bonds is 0. The number of hydrogen-bond donors (Lipinski definition) is 0. The Morgan fingerprint density at radius 3 is 2.71 bits per heavy atom. The maximum atomic E-state index is 12.1. The third kappa shape index (κ3) is 1.36. The van der Waals surface area contributed by atoms with E-state index in [0.29, 0.717) is 5.84 Å². The van der Waals surface area contributed by atoms with Crippen LogP contribution in [0.25, 0.3) is 0 Å². The van der Waals surface area contributed by atoms with Crippen LogP contribution in [0, 0.1) is 5.41 Å². The van der Waals surface area contributed by atoms with E-state index < -0.39 is 5.41 Å². The topological polar surface area (TPSA) is 32.7 Å². The van der Waals surface area contributed by atoms with Gasteiger partial charge in [-0.05, 0) is 20.3 Å². The minimum Gasteiger partial charge on any atom is -0.357 e. The summed E-state index contributed by atoms with van der Waals surface area (Å²) in [4.78, 5) is 17.8. The van der Waals surface area contributed by atoms with E-state index in [4.69, 9.17) is 7.98 Å². The van der Waals surface area contributed by atoms with Gasteiger partial charge >= 0.3 is 0 Å². The van der Waals surface area contributed by atoms with Gasteiger partial charge in [-0.1, -0.05) is 37.6 Å². The zero-order chi connectivity index (χ0) is 12.8. The Balaban J connectivity index is 0.000000514. The Kier molecular flexibility index (Phi) is 2.56. The summed E-state index contributed by atoms with van der Waals surface area (Å²) in [5, 5.41) is 0. The summed E-state index contributed by atoms with van der Waals surface area (Å²) in [6.07, 6.45) is 6.83. The van der Waals surface area contributed by atoms with Crippen LogP contribution in [-0.4, -0.2) is 30.1 Å². The number of carbonyl (C=O) groups is 1. The Morgan fingerprint density at radius 1 is 1.41 bits per heavy atom. The molecule has 17 heavy (non-hydrogen) atoms. The van der Waals surface area contributed by atoms with Crippen LogP contribution < -0.4 is 0 Å². The number of hydrogen-bond acceptors (Lipinski definition) is 2. The van der Waals surface area contributed by atoms with Gasteiger partial charge in [-0.15, -0.1) is 0 Å². The van der Waals surface area contributed by atoms with Crippen molar-refractivity contribution in [3.05, 3.63) is 23.8 Å². The SMILES string of the molecule is CC.[B]N1C(=O)C23C=C(C)C=CC2(C3)N=C1C. The van der Waals surface area contributed by atoms with Gasteiger partial charge in [0, 0.05) is 0 Å². The van der Waals surface area contributed by atoms with Crippen LogP contribution in [0.5, 0.6) is 0 Å². The summed E-state index contributed by atoms with van der Waals surface area (Å²) in [7, 11) is 5.68. The van der Waals surface area contributed by atoms with Gasteiger partial charge in [0.2, 0.25) is 13.9 Å². The van der Waals surface area contributed by atoms with Gasteiger partial charge < -0.3 is 4.81 Å². The number of nitrogens with zero attached hydrogens (tertiary/aromatic N) is 2. The number of allylic oxidation sites excluding steroid dienone is 2. The number of amides is 1. The normalized spacial score (nSPS) is 37.2. The van der Waals surface area contributed by atoms with Crippen molar-refractivity contribution in [1.82, 2.24) is 4.81 Å². The Hall–Kier alpha value is -1.32. The van der Waals surface area contributed by atoms with E-state index in [1.807, 2.05) is 39.0 Å². The van der Waals surface area contributed by atoms with E-state index in [9.17, 15) is 4.79 Å². The first-order chi connectivity index (χ1) is 8.01. The average molecular weight is 228 g/mol. The number of carbonyl (C=O) groups excluding carboxylic acids is 1. The molecule has 1 amide bonds. The minimum atomic E-state index is -0.472. The molecule has 1 fully saturated rings. The van der Waals surface area contributed by atoms with Crippen molar-refractivity contribution in [2.24, 2.45) is 10.4 Å². The Labute approximate surface area is 104 Å². The summed E-state index contributed by atoms with van der Waals surface area (Å²) in [6, 6.07) is 0. The molecular formula is C13H17BN2O. The predicted molar refractivity (Wildman–Crippen MR) is 69.7 cm³/mol. The molecular weight excluding hydrogens is 211 g/mol. The maximum Gasteiger partial charge on any atom is 0.240 e. The van der Waals surface area contributed by atoms with Crippen molar-refractivity contribution in [3.8, 4) is 0 Å². The second kappa shape index (κ2) is 3.59. The lowest BCUT2D eigenvalue weighted by Gasteiger charge is -2.32. The monoisotopic (exact) mass is 228 g/mol. The van der Waals surface area contributed by atoms with Crippen molar-refractivity contribution in [2.45, 2.75) is 39.7 Å². The largest absolute Gasteiger partial charge is 0.357 e. The molecule has 1 saturated carbocycles. The van der Waals surface area contributed by atoms with Crippen molar-refractivity contribution in [3.63, 3.8) is 0 Å².